The lowest BCUT2D eigenvalue weighted by atomic mass is 9.82. The minimum absolute atomic E-state index is 0.0779. The maximum Gasteiger partial charge on any atom is 0.0782 e. The van der Waals surface area contributed by atoms with Crippen LogP contribution in [0.15, 0.2) is 200 Å². The van der Waals surface area contributed by atoms with Crippen LogP contribution in [0.2, 0.25) is 0 Å². The van der Waals surface area contributed by atoms with Crippen LogP contribution in [0.4, 0.5) is 17.1 Å². The molecule has 1 aliphatic rings. The van der Waals surface area contributed by atoms with E-state index in [9.17, 15) is 0 Å². The van der Waals surface area contributed by atoms with Crippen molar-refractivity contribution in [3.05, 3.63) is 211 Å². The Balaban J connectivity index is 1.06. The van der Waals surface area contributed by atoms with E-state index in [4.69, 9.17) is 0 Å². The summed E-state index contributed by atoms with van der Waals surface area (Å²) in [6, 6.07) is 74.1. The minimum Gasteiger partial charge on any atom is -0.309 e. The number of nitrogens with zero attached hydrogens (tertiary/aromatic N) is 3. The second kappa shape index (κ2) is 12.2. The molecule has 0 spiro atoms. The topological polar surface area (TPSA) is 12.6 Å². The Morgan fingerprint density at radius 3 is 1.73 bits per heavy atom. The van der Waals surface area contributed by atoms with Gasteiger partial charge in [-0.3, -0.25) is 0 Å². The molecule has 0 unspecified atom stereocenters. The van der Waals surface area contributed by atoms with E-state index >= 15 is 0 Å². The summed E-state index contributed by atoms with van der Waals surface area (Å²) in [6.07, 6.45) is 0. The number of hydrogen-bond acceptors (Lipinski definition) is 1. The highest BCUT2D eigenvalue weighted by Crippen LogP contribution is 2.52. The Labute approximate surface area is 347 Å². The molecule has 12 aromatic rings. The third kappa shape index (κ3) is 4.44. The van der Waals surface area contributed by atoms with Crippen molar-refractivity contribution in [3.63, 3.8) is 0 Å². The second-order valence-electron chi connectivity index (χ2n) is 16.9. The summed E-state index contributed by atoms with van der Waals surface area (Å²) in [4.78, 5) is 2.49. The van der Waals surface area contributed by atoms with E-state index in [1.165, 1.54) is 93.3 Å². The normalized spacial score (nSPS) is 13.3. The molecule has 3 nitrogen and oxygen atoms in total. The zero-order valence-electron chi connectivity index (χ0n) is 33.4. The number of aromatic nitrogens is 2. The number of rotatable bonds is 5. The fourth-order valence-electron chi connectivity index (χ4n) is 10.8. The molecule has 0 N–H and O–H groups in total. The van der Waals surface area contributed by atoms with Crippen molar-refractivity contribution in [2.24, 2.45) is 0 Å². The Bertz CT molecular complexity index is 3680. The minimum atomic E-state index is -0.0779. The van der Waals surface area contributed by atoms with Crippen LogP contribution in [0, 0.1) is 0 Å². The molecular weight excluding hydrogens is 727 g/mol. The molecule has 0 fully saturated rings. The first kappa shape index (κ1) is 33.4. The molecule has 0 aliphatic heterocycles. The number of para-hydroxylation sites is 6. The van der Waals surface area contributed by atoms with Crippen LogP contribution in [0.5, 0.6) is 0 Å². The highest BCUT2D eigenvalue weighted by molar-refractivity contribution is 6.25. The average Bonchev–Trinajstić information content (AvgIpc) is 4.01. The highest BCUT2D eigenvalue weighted by Gasteiger charge is 2.36. The van der Waals surface area contributed by atoms with Crippen molar-refractivity contribution in [1.82, 2.24) is 8.97 Å². The maximum atomic E-state index is 2.51. The van der Waals surface area contributed by atoms with Crippen LogP contribution >= 0.6 is 0 Å². The Morgan fingerprint density at radius 1 is 0.383 bits per heavy atom. The summed E-state index contributed by atoms with van der Waals surface area (Å²) in [6.45, 7) is 4.71. The van der Waals surface area contributed by atoms with Gasteiger partial charge in [0.25, 0.3) is 0 Å². The fourth-order valence-corrected chi connectivity index (χ4v) is 10.8. The molecule has 0 atom stereocenters. The van der Waals surface area contributed by atoms with Gasteiger partial charge in [0.05, 0.1) is 33.3 Å². The van der Waals surface area contributed by atoms with E-state index < -0.39 is 0 Å². The lowest BCUT2D eigenvalue weighted by Crippen LogP contribution is -2.15. The summed E-state index contributed by atoms with van der Waals surface area (Å²) in [5, 5.41) is 7.62. The van der Waals surface area contributed by atoms with Gasteiger partial charge in [-0.15, -0.1) is 0 Å². The van der Waals surface area contributed by atoms with E-state index in [0.29, 0.717) is 0 Å². The van der Waals surface area contributed by atoms with Crippen LogP contribution in [0.1, 0.15) is 25.0 Å². The molecule has 60 heavy (non-hydrogen) atoms. The van der Waals surface area contributed by atoms with E-state index in [2.05, 4.69) is 228 Å². The average molecular weight is 766 g/mol. The smallest absolute Gasteiger partial charge is 0.0782 e. The van der Waals surface area contributed by atoms with Gasteiger partial charge < -0.3 is 13.9 Å². The third-order valence-corrected chi connectivity index (χ3v) is 13.4. The van der Waals surface area contributed by atoms with Gasteiger partial charge >= 0.3 is 0 Å². The summed E-state index contributed by atoms with van der Waals surface area (Å²) >= 11 is 0. The van der Waals surface area contributed by atoms with Crippen molar-refractivity contribution < 1.29 is 0 Å². The van der Waals surface area contributed by atoms with Crippen molar-refractivity contribution in [1.29, 1.82) is 0 Å². The predicted octanol–water partition coefficient (Wildman–Crippen LogP) is 15.4. The lowest BCUT2D eigenvalue weighted by molar-refractivity contribution is 0.660. The van der Waals surface area contributed by atoms with Crippen LogP contribution in [0.3, 0.4) is 0 Å². The number of hydrogen-bond donors (Lipinski definition) is 0. The van der Waals surface area contributed by atoms with Crippen molar-refractivity contribution in [2.75, 3.05) is 4.90 Å². The largest absolute Gasteiger partial charge is 0.309 e. The Kier molecular flexibility index (Phi) is 6.78. The van der Waals surface area contributed by atoms with Gasteiger partial charge in [0, 0.05) is 60.4 Å². The van der Waals surface area contributed by atoms with Gasteiger partial charge in [-0.1, -0.05) is 159 Å². The molecule has 13 rings (SSSR count). The molecule has 0 saturated heterocycles. The van der Waals surface area contributed by atoms with Crippen LogP contribution in [-0.2, 0) is 5.41 Å². The summed E-state index contributed by atoms with van der Waals surface area (Å²) in [7, 11) is 0. The SMILES string of the molecule is CC1(C)c2ccccc2-c2cc(N(c3ccc(-c4cccc5c6ccccc6n(-c6ccccc6)c45)cc3)c3cccc4c5cccc6c7ccccc7n(c34)c65)ccc21. The first-order chi connectivity index (χ1) is 29.6. The predicted molar refractivity (Wildman–Crippen MR) is 253 cm³/mol. The van der Waals surface area contributed by atoms with Gasteiger partial charge in [0.2, 0.25) is 0 Å². The van der Waals surface area contributed by atoms with Gasteiger partial charge in [-0.05, 0) is 82.4 Å². The summed E-state index contributed by atoms with van der Waals surface area (Å²) in [5.74, 6) is 0. The summed E-state index contributed by atoms with van der Waals surface area (Å²) < 4.78 is 4.94. The van der Waals surface area contributed by atoms with Crippen LogP contribution in [0.25, 0.3) is 87.8 Å². The second-order valence-corrected chi connectivity index (χ2v) is 16.9. The zero-order valence-corrected chi connectivity index (χ0v) is 33.4. The van der Waals surface area contributed by atoms with Gasteiger partial charge in [-0.2, -0.15) is 0 Å². The number of anilines is 3. The number of benzene rings is 9. The number of fused-ring (bicyclic) bond motifs is 12. The third-order valence-electron chi connectivity index (χ3n) is 13.4. The van der Waals surface area contributed by atoms with Crippen LogP contribution in [-0.4, -0.2) is 8.97 Å². The lowest BCUT2D eigenvalue weighted by Gasteiger charge is -2.28. The Morgan fingerprint density at radius 2 is 0.933 bits per heavy atom. The van der Waals surface area contributed by atoms with E-state index in [-0.39, 0.29) is 5.41 Å². The highest BCUT2D eigenvalue weighted by atomic mass is 15.2. The van der Waals surface area contributed by atoms with Gasteiger partial charge in [-0.25, -0.2) is 0 Å². The van der Waals surface area contributed by atoms with Gasteiger partial charge in [0.1, 0.15) is 0 Å². The monoisotopic (exact) mass is 765 g/mol. The molecule has 0 saturated carbocycles. The summed E-state index contributed by atoms with van der Waals surface area (Å²) in [5.41, 5.74) is 18.4. The van der Waals surface area contributed by atoms with Crippen molar-refractivity contribution >= 4 is 77.0 Å². The molecule has 0 amide bonds. The Hall–Kier alpha value is -7.62. The standard InChI is InChI=1S/C57H39N3/c1-57(2)49-25-9-6-17-41(49)48-35-39(33-34-50(48)57)58(53-28-14-24-47-46-23-13-22-45-43-19-8-11-27-52(43)60(55(45)46)56(47)53)38-31-29-36(30-32-38)40-20-12-21-44-42-18-7-10-26-51(42)59(54(40)44)37-15-4-3-5-16-37/h3-35H,1-2H3. The molecule has 0 radical (unpaired) electrons. The van der Waals surface area contributed by atoms with Gasteiger partial charge in [0.15, 0.2) is 0 Å². The van der Waals surface area contributed by atoms with Crippen molar-refractivity contribution in [2.45, 2.75) is 19.3 Å². The molecule has 9 aromatic carbocycles. The molecular formula is C57H39N3. The first-order valence-corrected chi connectivity index (χ1v) is 20.9. The van der Waals surface area contributed by atoms with Crippen LogP contribution < -0.4 is 4.90 Å². The molecule has 1 aliphatic carbocycles. The maximum absolute atomic E-state index is 2.51. The molecule has 3 aromatic heterocycles. The van der Waals surface area contributed by atoms with Crippen molar-refractivity contribution in [3.8, 4) is 27.9 Å². The molecule has 3 heterocycles. The first-order valence-electron chi connectivity index (χ1n) is 20.9. The zero-order chi connectivity index (χ0) is 39.7. The molecule has 3 heteroatoms. The fraction of sp³-hybridized carbons (Fsp3) is 0.0526. The van der Waals surface area contributed by atoms with E-state index in [1.807, 2.05) is 0 Å². The molecule has 282 valence electrons. The molecule has 0 bridgehead atoms. The van der Waals surface area contributed by atoms with E-state index in [1.54, 1.807) is 0 Å². The van der Waals surface area contributed by atoms with E-state index in [0.717, 1.165) is 22.7 Å². The quantitative estimate of drug-likeness (QED) is 0.170.